The molecule has 4 heteroatoms. The van der Waals surface area contributed by atoms with Crippen molar-refractivity contribution in [2.45, 2.75) is 86.6 Å². The molecule has 0 radical (unpaired) electrons. The second kappa shape index (κ2) is 15.5. The summed E-state index contributed by atoms with van der Waals surface area (Å²) in [7, 11) is 1.91. The second-order valence-corrected chi connectivity index (χ2v) is 11.6. The minimum absolute atomic E-state index is 0.00880. The SMILES string of the molecule is C=C(C)/C=C(/C)N(C)/C(=C\C(=C)C(C)(C)NCC1=CC(CC)=C(CCC)CC=C1)C(=C)O.C=C1C(N)=C(C)C1C. The Kier molecular flexibility index (Phi) is 13.5. The van der Waals surface area contributed by atoms with Crippen LogP contribution in [0, 0.1) is 5.92 Å². The van der Waals surface area contributed by atoms with Gasteiger partial charge in [-0.15, -0.1) is 0 Å². The van der Waals surface area contributed by atoms with Crippen LogP contribution in [0.25, 0.3) is 0 Å². The first-order chi connectivity index (χ1) is 18.6. The van der Waals surface area contributed by atoms with E-state index in [9.17, 15) is 5.11 Å². The van der Waals surface area contributed by atoms with Gasteiger partial charge < -0.3 is 21.1 Å². The number of likely N-dealkylation sites (N-methyl/N-ethyl adjacent to an activating group) is 1. The molecule has 0 amide bonds. The number of nitrogens with two attached hydrogens (primary N) is 1. The van der Waals surface area contributed by atoms with Gasteiger partial charge in [-0.2, -0.15) is 0 Å². The van der Waals surface area contributed by atoms with Crippen LogP contribution in [-0.4, -0.2) is 29.1 Å². The number of hydrogen-bond acceptors (Lipinski definition) is 4. The van der Waals surface area contributed by atoms with Crippen molar-refractivity contribution in [3.63, 3.8) is 0 Å². The third kappa shape index (κ3) is 9.75. The standard InChI is InChI=1S/C29H44N2O.C7H11N/c1-11-14-27-16-13-15-25(19-26(27)12-2)20-30-29(8,9)22(5)18-28(24(7)32)31(10)23(6)17-21(3)4;1-4-5(2)7(8)6(4)3/h13,15,17-19,30,32H,3,5,7,11-12,14,16,20H2,1-2,4,6,8-10H3;4H,2,8H2,1,3H3/b23-17-,28-18-;. The molecule has 2 aliphatic rings. The van der Waals surface area contributed by atoms with E-state index in [0.29, 0.717) is 11.6 Å². The van der Waals surface area contributed by atoms with Gasteiger partial charge in [-0.1, -0.05) is 82.9 Å². The predicted octanol–water partition coefficient (Wildman–Crippen LogP) is 9.10. The van der Waals surface area contributed by atoms with Crippen molar-refractivity contribution in [3.8, 4) is 0 Å². The van der Waals surface area contributed by atoms with Crippen molar-refractivity contribution < 1.29 is 5.11 Å². The highest BCUT2D eigenvalue weighted by molar-refractivity contribution is 5.46. The molecule has 0 aromatic rings. The highest BCUT2D eigenvalue weighted by Gasteiger charge is 2.24. The van der Waals surface area contributed by atoms with Crippen LogP contribution in [0.4, 0.5) is 0 Å². The van der Waals surface area contributed by atoms with E-state index in [1.807, 2.05) is 37.9 Å². The van der Waals surface area contributed by atoms with Gasteiger partial charge in [0.15, 0.2) is 0 Å². The Morgan fingerprint density at radius 1 is 1.20 bits per heavy atom. The number of hydrogen-bond donors (Lipinski definition) is 3. The number of nitrogens with one attached hydrogen (secondary N) is 1. The zero-order chi connectivity index (χ0) is 30.8. The Morgan fingerprint density at radius 2 is 1.82 bits per heavy atom. The van der Waals surface area contributed by atoms with Gasteiger partial charge >= 0.3 is 0 Å². The van der Waals surface area contributed by atoms with Crippen molar-refractivity contribution in [2.24, 2.45) is 11.7 Å². The zero-order valence-corrected chi connectivity index (χ0v) is 26.8. The lowest BCUT2D eigenvalue weighted by molar-refractivity contribution is 0.378. The molecular formula is C36H55N3O. The highest BCUT2D eigenvalue weighted by Crippen LogP contribution is 2.34. The van der Waals surface area contributed by atoms with Gasteiger partial charge in [-0.05, 0) is 93.9 Å². The Balaban J connectivity index is 0.000000850. The summed E-state index contributed by atoms with van der Waals surface area (Å²) in [6.07, 6.45) is 15.2. The highest BCUT2D eigenvalue weighted by atomic mass is 16.3. The summed E-state index contributed by atoms with van der Waals surface area (Å²) in [5, 5.41) is 13.9. The molecule has 0 saturated carbocycles. The molecule has 0 saturated heterocycles. The minimum atomic E-state index is -0.364. The van der Waals surface area contributed by atoms with E-state index in [1.165, 1.54) is 29.6 Å². The fourth-order valence-corrected chi connectivity index (χ4v) is 4.59. The van der Waals surface area contributed by atoms with Crippen LogP contribution < -0.4 is 11.1 Å². The van der Waals surface area contributed by atoms with Crippen LogP contribution in [-0.2, 0) is 0 Å². The molecule has 2 rings (SSSR count). The number of aliphatic hydroxyl groups excluding tert-OH is 1. The number of rotatable bonds is 12. The summed E-state index contributed by atoms with van der Waals surface area (Å²) < 4.78 is 0. The first-order valence-corrected chi connectivity index (χ1v) is 14.4. The summed E-state index contributed by atoms with van der Waals surface area (Å²) in [5.41, 5.74) is 16.2. The van der Waals surface area contributed by atoms with Crippen LogP contribution in [0.15, 0.2) is 119 Å². The maximum atomic E-state index is 10.2. The Hall–Kier alpha value is -3.24. The molecule has 0 aliphatic heterocycles. The lowest BCUT2D eigenvalue weighted by atomic mass is 9.80. The molecule has 2 aliphatic carbocycles. The molecule has 4 N–H and O–H groups in total. The molecule has 1 unspecified atom stereocenters. The molecule has 0 bridgehead atoms. The van der Waals surface area contributed by atoms with Crippen molar-refractivity contribution >= 4 is 0 Å². The van der Waals surface area contributed by atoms with Gasteiger partial charge in [0.1, 0.15) is 5.76 Å². The molecule has 4 nitrogen and oxygen atoms in total. The van der Waals surface area contributed by atoms with Crippen LogP contribution in [0.3, 0.4) is 0 Å². The summed E-state index contributed by atoms with van der Waals surface area (Å²) in [5.74, 6) is 0.546. The van der Waals surface area contributed by atoms with Crippen molar-refractivity contribution in [2.75, 3.05) is 13.6 Å². The van der Waals surface area contributed by atoms with E-state index >= 15 is 0 Å². The number of aliphatic hydroxyl groups is 1. The van der Waals surface area contributed by atoms with Crippen molar-refractivity contribution in [1.29, 1.82) is 0 Å². The van der Waals surface area contributed by atoms with E-state index < -0.39 is 0 Å². The summed E-state index contributed by atoms with van der Waals surface area (Å²) >= 11 is 0. The Morgan fingerprint density at radius 3 is 2.27 bits per heavy atom. The normalized spacial score (nSPS) is 18.0. The van der Waals surface area contributed by atoms with Crippen LogP contribution in [0.1, 0.15) is 81.1 Å². The Labute approximate surface area is 245 Å². The number of nitrogens with zero attached hydrogens (tertiary/aromatic N) is 1. The molecule has 0 heterocycles. The maximum absolute atomic E-state index is 10.2. The second-order valence-electron chi connectivity index (χ2n) is 11.6. The van der Waals surface area contributed by atoms with Gasteiger partial charge in [0.25, 0.3) is 0 Å². The molecule has 1 atom stereocenters. The van der Waals surface area contributed by atoms with Gasteiger partial charge in [-0.3, -0.25) is 0 Å². The molecule has 220 valence electrons. The molecule has 0 fully saturated rings. The van der Waals surface area contributed by atoms with Gasteiger partial charge in [0.05, 0.1) is 5.70 Å². The average Bonchev–Trinajstić information content (AvgIpc) is 3.10. The predicted molar refractivity (Wildman–Crippen MR) is 177 cm³/mol. The van der Waals surface area contributed by atoms with Crippen LogP contribution >= 0.6 is 0 Å². The first kappa shape index (κ1) is 34.8. The minimum Gasteiger partial charge on any atom is -0.506 e. The van der Waals surface area contributed by atoms with Gasteiger partial charge in [0, 0.05) is 36.4 Å². The Bertz CT molecular complexity index is 1180. The summed E-state index contributed by atoms with van der Waals surface area (Å²) in [6, 6.07) is 0. The van der Waals surface area contributed by atoms with E-state index in [0.717, 1.165) is 47.5 Å². The fraction of sp³-hybridized carbons (Fsp3) is 0.444. The maximum Gasteiger partial charge on any atom is 0.132 e. The molecule has 0 aromatic heterocycles. The van der Waals surface area contributed by atoms with E-state index in [2.05, 4.69) is 91.4 Å². The third-order valence-corrected chi connectivity index (χ3v) is 7.88. The molecule has 0 spiro atoms. The van der Waals surface area contributed by atoms with Crippen LogP contribution in [0.5, 0.6) is 0 Å². The smallest absolute Gasteiger partial charge is 0.132 e. The average molecular weight is 546 g/mol. The largest absolute Gasteiger partial charge is 0.506 e. The lowest BCUT2D eigenvalue weighted by Gasteiger charge is -2.30. The van der Waals surface area contributed by atoms with Crippen LogP contribution in [0.2, 0.25) is 0 Å². The molecular weight excluding hydrogens is 490 g/mol. The molecule has 0 aromatic carbocycles. The van der Waals surface area contributed by atoms with Gasteiger partial charge in [0.2, 0.25) is 0 Å². The van der Waals surface area contributed by atoms with Gasteiger partial charge in [-0.25, -0.2) is 0 Å². The monoisotopic (exact) mass is 545 g/mol. The number of allylic oxidation sites excluding steroid dienone is 9. The third-order valence-electron chi connectivity index (χ3n) is 7.88. The van der Waals surface area contributed by atoms with Crippen molar-refractivity contribution in [1.82, 2.24) is 10.2 Å². The summed E-state index contributed by atoms with van der Waals surface area (Å²) in [4.78, 5) is 1.91. The quantitative estimate of drug-likeness (QED) is 0.169. The van der Waals surface area contributed by atoms with Crippen molar-refractivity contribution in [3.05, 3.63) is 119 Å². The van der Waals surface area contributed by atoms with E-state index in [4.69, 9.17) is 5.73 Å². The molecule has 40 heavy (non-hydrogen) atoms. The fourth-order valence-electron chi connectivity index (χ4n) is 4.59. The van der Waals surface area contributed by atoms with E-state index in [-0.39, 0.29) is 11.3 Å². The lowest BCUT2D eigenvalue weighted by Crippen LogP contribution is -2.41. The van der Waals surface area contributed by atoms with E-state index in [1.54, 1.807) is 5.57 Å². The zero-order valence-electron chi connectivity index (χ0n) is 26.8. The summed E-state index contributed by atoms with van der Waals surface area (Å²) in [6.45, 7) is 33.3. The topological polar surface area (TPSA) is 61.5 Å². The first-order valence-electron chi connectivity index (χ1n) is 14.4.